The van der Waals surface area contributed by atoms with Crippen LogP contribution in [0.25, 0.3) is 0 Å². The average Bonchev–Trinajstić information content (AvgIpc) is 2.47. The molecule has 3 nitrogen and oxygen atoms in total. The van der Waals surface area contributed by atoms with Crippen molar-refractivity contribution in [2.75, 3.05) is 13.7 Å². The molecule has 0 amide bonds. The van der Waals surface area contributed by atoms with Gasteiger partial charge in [0.1, 0.15) is 0 Å². The van der Waals surface area contributed by atoms with E-state index in [1.54, 1.807) is 0 Å². The summed E-state index contributed by atoms with van der Waals surface area (Å²) in [6.07, 6.45) is 11.1. The molecule has 1 aliphatic carbocycles. The first-order valence-electron chi connectivity index (χ1n) is 8.07. The van der Waals surface area contributed by atoms with Crippen LogP contribution in [0.4, 0.5) is 0 Å². The van der Waals surface area contributed by atoms with E-state index in [0.29, 0.717) is 18.5 Å². The summed E-state index contributed by atoms with van der Waals surface area (Å²) in [5, 5.41) is 0. The fraction of sp³-hybridized carbons (Fsp3) is 0.938. The summed E-state index contributed by atoms with van der Waals surface area (Å²) >= 11 is 0. The number of rotatable bonds is 4. The fourth-order valence-corrected chi connectivity index (χ4v) is 3.93. The molecule has 3 heteroatoms. The maximum atomic E-state index is 11.6. The lowest BCUT2D eigenvalue weighted by molar-refractivity contribution is -0.142. The maximum absolute atomic E-state index is 11.6. The molecule has 2 aliphatic rings. The van der Waals surface area contributed by atoms with Gasteiger partial charge < -0.3 is 4.74 Å². The smallest absolute Gasteiger partial charge is 0.307 e. The highest BCUT2D eigenvalue weighted by Crippen LogP contribution is 2.33. The van der Waals surface area contributed by atoms with Crippen LogP contribution in [0.2, 0.25) is 0 Å². The molecule has 19 heavy (non-hydrogen) atoms. The van der Waals surface area contributed by atoms with Crippen LogP contribution < -0.4 is 0 Å². The number of hydrogen-bond acceptors (Lipinski definition) is 3. The van der Waals surface area contributed by atoms with Crippen molar-refractivity contribution in [2.24, 2.45) is 5.92 Å². The van der Waals surface area contributed by atoms with Crippen LogP contribution in [0.1, 0.15) is 64.7 Å². The Labute approximate surface area is 117 Å². The molecule has 3 atom stereocenters. The van der Waals surface area contributed by atoms with E-state index in [0.717, 1.165) is 5.92 Å². The molecule has 0 aromatic carbocycles. The van der Waals surface area contributed by atoms with Gasteiger partial charge in [-0.2, -0.15) is 0 Å². The van der Waals surface area contributed by atoms with E-state index in [2.05, 4.69) is 11.8 Å². The quantitative estimate of drug-likeness (QED) is 0.731. The van der Waals surface area contributed by atoms with E-state index in [-0.39, 0.29) is 5.97 Å². The molecular formula is C16H29NO2. The standard InChI is InChI=1S/C16H29NO2/c1-3-13-7-6-9-14(11-13)17-10-5-4-8-15(17)12-16(18)19-2/h13-15H,3-12H2,1-2H3. The number of likely N-dealkylation sites (tertiary alicyclic amines) is 1. The van der Waals surface area contributed by atoms with Crippen molar-refractivity contribution in [3.63, 3.8) is 0 Å². The fourth-order valence-electron chi connectivity index (χ4n) is 3.93. The van der Waals surface area contributed by atoms with Crippen molar-refractivity contribution >= 4 is 5.97 Å². The van der Waals surface area contributed by atoms with E-state index < -0.39 is 0 Å². The highest BCUT2D eigenvalue weighted by Gasteiger charge is 2.33. The largest absolute Gasteiger partial charge is 0.469 e. The lowest BCUT2D eigenvalue weighted by atomic mass is 9.82. The molecule has 0 aromatic heterocycles. The number of piperidine rings is 1. The zero-order valence-electron chi connectivity index (χ0n) is 12.6. The van der Waals surface area contributed by atoms with Gasteiger partial charge in [0.2, 0.25) is 0 Å². The van der Waals surface area contributed by atoms with Gasteiger partial charge in [-0.1, -0.05) is 32.6 Å². The third-order valence-electron chi connectivity index (χ3n) is 5.10. The molecule has 0 aromatic rings. The minimum absolute atomic E-state index is 0.0419. The van der Waals surface area contributed by atoms with Crippen molar-refractivity contribution < 1.29 is 9.53 Å². The van der Waals surface area contributed by atoms with Crippen LogP contribution in [-0.2, 0) is 9.53 Å². The van der Waals surface area contributed by atoms with Crippen LogP contribution in [0, 0.1) is 5.92 Å². The Hall–Kier alpha value is -0.570. The molecule has 0 N–H and O–H groups in total. The molecular weight excluding hydrogens is 238 g/mol. The number of nitrogens with zero attached hydrogens (tertiary/aromatic N) is 1. The summed E-state index contributed by atoms with van der Waals surface area (Å²) in [6.45, 7) is 3.50. The first kappa shape index (κ1) is 14.8. The van der Waals surface area contributed by atoms with Crippen LogP contribution in [-0.4, -0.2) is 36.6 Å². The molecule has 1 saturated heterocycles. The lowest BCUT2D eigenvalue weighted by Gasteiger charge is -2.44. The van der Waals surface area contributed by atoms with Crippen molar-refractivity contribution in [1.29, 1.82) is 0 Å². The van der Waals surface area contributed by atoms with Crippen LogP contribution >= 0.6 is 0 Å². The molecule has 1 heterocycles. The molecule has 110 valence electrons. The Morgan fingerprint density at radius 1 is 1.21 bits per heavy atom. The summed E-state index contributed by atoms with van der Waals surface area (Å²) in [4.78, 5) is 14.2. The molecule has 0 bridgehead atoms. The highest BCUT2D eigenvalue weighted by atomic mass is 16.5. The predicted octanol–water partition coefficient (Wildman–Crippen LogP) is 3.37. The summed E-state index contributed by atoms with van der Waals surface area (Å²) in [6, 6.07) is 1.15. The van der Waals surface area contributed by atoms with Crippen LogP contribution in [0.15, 0.2) is 0 Å². The Balaban J connectivity index is 1.96. The monoisotopic (exact) mass is 267 g/mol. The van der Waals surface area contributed by atoms with Crippen molar-refractivity contribution in [2.45, 2.75) is 76.8 Å². The molecule has 0 radical (unpaired) electrons. The second-order valence-electron chi connectivity index (χ2n) is 6.26. The van der Waals surface area contributed by atoms with Crippen molar-refractivity contribution in [1.82, 2.24) is 4.90 Å². The van der Waals surface area contributed by atoms with E-state index in [1.807, 2.05) is 0 Å². The summed E-state index contributed by atoms with van der Waals surface area (Å²) < 4.78 is 4.87. The van der Waals surface area contributed by atoms with Gasteiger partial charge in [0, 0.05) is 12.1 Å². The number of ether oxygens (including phenoxy) is 1. The van der Waals surface area contributed by atoms with Gasteiger partial charge in [-0.25, -0.2) is 0 Å². The number of methoxy groups -OCH3 is 1. The highest BCUT2D eigenvalue weighted by molar-refractivity contribution is 5.69. The Morgan fingerprint density at radius 3 is 2.79 bits per heavy atom. The topological polar surface area (TPSA) is 29.5 Å². The Bertz CT molecular complexity index is 292. The first-order valence-corrected chi connectivity index (χ1v) is 8.07. The second-order valence-corrected chi connectivity index (χ2v) is 6.26. The minimum atomic E-state index is -0.0419. The third kappa shape index (κ3) is 3.95. The second kappa shape index (κ2) is 7.28. The van der Waals surface area contributed by atoms with Gasteiger partial charge >= 0.3 is 5.97 Å². The number of carbonyl (C=O) groups is 1. The van der Waals surface area contributed by atoms with Crippen molar-refractivity contribution in [3.8, 4) is 0 Å². The van der Waals surface area contributed by atoms with E-state index in [4.69, 9.17) is 4.74 Å². The molecule has 1 aliphatic heterocycles. The number of hydrogen-bond donors (Lipinski definition) is 0. The molecule has 2 fully saturated rings. The SMILES string of the molecule is CCC1CCCC(N2CCCCC2CC(=O)OC)C1. The number of carbonyl (C=O) groups excluding carboxylic acids is 1. The Morgan fingerprint density at radius 2 is 2.05 bits per heavy atom. The predicted molar refractivity (Wildman–Crippen MR) is 77.0 cm³/mol. The lowest BCUT2D eigenvalue weighted by Crippen LogP contribution is -2.48. The maximum Gasteiger partial charge on any atom is 0.307 e. The van der Waals surface area contributed by atoms with Gasteiger partial charge in [0.05, 0.1) is 13.5 Å². The van der Waals surface area contributed by atoms with Gasteiger partial charge in [0.15, 0.2) is 0 Å². The average molecular weight is 267 g/mol. The summed E-state index contributed by atoms with van der Waals surface area (Å²) in [5.41, 5.74) is 0. The minimum Gasteiger partial charge on any atom is -0.469 e. The normalized spacial score (nSPS) is 33.1. The van der Waals surface area contributed by atoms with Gasteiger partial charge in [0.25, 0.3) is 0 Å². The van der Waals surface area contributed by atoms with Gasteiger partial charge in [-0.05, 0) is 38.1 Å². The van der Waals surface area contributed by atoms with Crippen molar-refractivity contribution in [3.05, 3.63) is 0 Å². The molecule has 1 saturated carbocycles. The van der Waals surface area contributed by atoms with Crippen LogP contribution in [0.3, 0.4) is 0 Å². The summed E-state index contributed by atoms with van der Waals surface area (Å²) in [7, 11) is 1.50. The van der Waals surface area contributed by atoms with E-state index in [9.17, 15) is 4.79 Å². The van der Waals surface area contributed by atoms with Crippen LogP contribution in [0.5, 0.6) is 0 Å². The Kier molecular flexibility index (Phi) is 5.68. The van der Waals surface area contributed by atoms with E-state index in [1.165, 1.54) is 65.0 Å². The molecule has 3 unspecified atom stereocenters. The van der Waals surface area contributed by atoms with Gasteiger partial charge in [-0.3, -0.25) is 9.69 Å². The third-order valence-corrected chi connectivity index (χ3v) is 5.10. The zero-order valence-corrected chi connectivity index (χ0v) is 12.6. The van der Waals surface area contributed by atoms with Gasteiger partial charge in [-0.15, -0.1) is 0 Å². The van der Waals surface area contributed by atoms with E-state index >= 15 is 0 Å². The molecule has 2 rings (SSSR count). The zero-order chi connectivity index (χ0) is 13.7. The molecule has 0 spiro atoms. The summed E-state index contributed by atoms with van der Waals surface area (Å²) in [5.74, 6) is 0.860. The first-order chi connectivity index (χ1) is 9.24. The number of esters is 1.